The number of nitrogens with zero attached hydrogens (tertiary/aromatic N) is 4. The lowest BCUT2D eigenvalue weighted by molar-refractivity contribution is 0.548. The van der Waals surface area contributed by atoms with Gasteiger partial charge in [-0.3, -0.25) is 0 Å². The van der Waals surface area contributed by atoms with Crippen molar-refractivity contribution >= 4 is 28.9 Å². The van der Waals surface area contributed by atoms with Crippen molar-refractivity contribution in [2.75, 3.05) is 5.32 Å². The average Bonchev–Trinajstić information content (AvgIpc) is 2.85. The standard InChI is InChI=1S/C12H7ClF3N5/c1-5-10(13)20-12-17-4-18-21(12)11(5)19-9-7(15)2-6(14)3-8(9)16/h2-4,19H,1H3. The Bertz CT molecular complexity index is 825. The first-order valence-electron chi connectivity index (χ1n) is 5.75. The van der Waals surface area contributed by atoms with Crippen LogP contribution in [-0.2, 0) is 0 Å². The first kappa shape index (κ1) is 13.6. The summed E-state index contributed by atoms with van der Waals surface area (Å²) in [5, 5.41) is 6.53. The van der Waals surface area contributed by atoms with Crippen LogP contribution >= 0.6 is 11.6 Å². The Hall–Kier alpha value is -2.35. The van der Waals surface area contributed by atoms with Crippen molar-refractivity contribution in [1.82, 2.24) is 19.6 Å². The van der Waals surface area contributed by atoms with Gasteiger partial charge in [-0.2, -0.15) is 19.6 Å². The summed E-state index contributed by atoms with van der Waals surface area (Å²) < 4.78 is 41.6. The third kappa shape index (κ3) is 2.27. The fourth-order valence-corrected chi connectivity index (χ4v) is 1.99. The Morgan fingerprint density at radius 1 is 1.19 bits per heavy atom. The van der Waals surface area contributed by atoms with Crippen LogP contribution in [0.5, 0.6) is 0 Å². The molecule has 0 aliphatic carbocycles. The summed E-state index contributed by atoms with van der Waals surface area (Å²) in [6, 6.07) is 1.14. The van der Waals surface area contributed by atoms with E-state index in [0.29, 0.717) is 17.7 Å². The van der Waals surface area contributed by atoms with Crippen LogP contribution in [0.2, 0.25) is 5.15 Å². The molecule has 0 saturated carbocycles. The molecule has 0 saturated heterocycles. The van der Waals surface area contributed by atoms with Gasteiger partial charge < -0.3 is 5.32 Å². The molecule has 2 aromatic heterocycles. The summed E-state index contributed by atoms with van der Waals surface area (Å²) in [5.74, 6) is -2.81. The molecule has 0 aliphatic rings. The molecule has 0 atom stereocenters. The lowest BCUT2D eigenvalue weighted by atomic mass is 10.2. The SMILES string of the molecule is Cc1c(Cl)nc2ncnn2c1Nc1c(F)cc(F)cc1F. The zero-order valence-corrected chi connectivity index (χ0v) is 11.3. The zero-order chi connectivity index (χ0) is 15.1. The molecule has 1 N–H and O–H groups in total. The molecule has 0 unspecified atom stereocenters. The maximum absolute atomic E-state index is 13.7. The molecule has 108 valence electrons. The van der Waals surface area contributed by atoms with Gasteiger partial charge in [-0.1, -0.05) is 11.6 Å². The highest BCUT2D eigenvalue weighted by Crippen LogP contribution is 2.28. The molecule has 1 aromatic carbocycles. The Balaban J connectivity index is 2.19. The number of rotatable bonds is 2. The van der Waals surface area contributed by atoms with Gasteiger partial charge in [0.1, 0.15) is 28.8 Å². The quantitative estimate of drug-likeness (QED) is 0.738. The van der Waals surface area contributed by atoms with E-state index in [2.05, 4.69) is 20.4 Å². The van der Waals surface area contributed by atoms with Crippen molar-refractivity contribution in [2.24, 2.45) is 0 Å². The molecule has 21 heavy (non-hydrogen) atoms. The molecule has 0 radical (unpaired) electrons. The molecule has 0 spiro atoms. The second kappa shape index (κ2) is 4.88. The number of aromatic nitrogens is 4. The van der Waals surface area contributed by atoms with E-state index < -0.39 is 23.1 Å². The highest BCUT2D eigenvalue weighted by atomic mass is 35.5. The third-order valence-corrected chi connectivity index (χ3v) is 3.22. The topological polar surface area (TPSA) is 55.1 Å². The molecular weight excluding hydrogens is 307 g/mol. The highest BCUT2D eigenvalue weighted by molar-refractivity contribution is 6.30. The van der Waals surface area contributed by atoms with Crippen molar-refractivity contribution < 1.29 is 13.2 Å². The summed E-state index contributed by atoms with van der Waals surface area (Å²) in [6.07, 6.45) is 1.22. The van der Waals surface area contributed by atoms with Crippen LogP contribution in [0.15, 0.2) is 18.5 Å². The van der Waals surface area contributed by atoms with E-state index in [4.69, 9.17) is 11.6 Å². The Kier molecular flexibility index (Phi) is 3.17. The maximum Gasteiger partial charge on any atom is 0.255 e. The van der Waals surface area contributed by atoms with Gasteiger partial charge in [0.05, 0.1) is 0 Å². The van der Waals surface area contributed by atoms with Crippen molar-refractivity contribution in [2.45, 2.75) is 6.92 Å². The Morgan fingerprint density at radius 3 is 2.52 bits per heavy atom. The summed E-state index contributed by atoms with van der Waals surface area (Å²) in [5.41, 5.74) is -0.101. The minimum absolute atomic E-state index is 0.112. The van der Waals surface area contributed by atoms with Crippen LogP contribution in [0.1, 0.15) is 5.56 Å². The highest BCUT2D eigenvalue weighted by Gasteiger charge is 2.17. The molecule has 0 fully saturated rings. The number of nitrogens with one attached hydrogen (secondary N) is 1. The molecule has 0 aliphatic heterocycles. The first-order valence-corrected chi connectivity index (χ1v) is 6.12. The minimum Gasteiger partial charge on any atom is -0.335 e. The van der Waals surface area contributed by atoms with Crippen LogP contribution in [0.3, 0.4) is 0 Å². The molecule has 9 heteroatoms. The molecule has 3 rings (SSSR count). The van der Waals surface area contributed by atoms with E-state index in [1.807, 2.05) is 0 Å². The second-order valence-electron chi connectivity index (χ2n) is 4.22. The van der Waals surface area contributed by atoms with Gasteiger partial charge in [-0.25, -0.2) is 13.2 Å². The monoisotopic (exact) mass is 313 g/mol. The molecule has 0 amide bonds. The van der Waals surface area contributed by atoms with Crippen molar-refractivity contribution in [3.63, 3.8) is 0 Å². The Morgan fingerprint density at radius 2 is 1.86 bits per heavy atom. The van der Waals surface area contributed by atoms with E-state index >= 15 is 0 Å². The van der Waals surface area contributed by atoms with Crippen LogP contribution < -0.4 is 5.32 Å². The normalized spacial score (nSPS) is 11.1. The van der Waals surface area contributed by atoms with Crippen molar-refractivity contribution in [3.8, 4) is 0 Å². The molecular formula is C12H7ClF3N5. The molecule has 5 nitrogen and oxygen atoms in total. The lowest BCUT2D eigenvalue weighted by Crippen LogP contribution is -2.07. The third-order valence-electron chi connectivity index (χ3n) is 2.85. The lowest BCUT2D eigenvalue weighted by Gasteiger charge is -2.13. The van der Waals surface area contributed by atoms with Crippen LogP contribution in [0, 0.1) is 24.4 Å². The first-order chi connectivity index (χ1) is 9.97. The largest absolute Gasteiger partial charge is 0.335 e. The van der Waals surface area contributed by atoms with Gasteiger partial charge in [-0.05, 0) is 6.92 Å². The fraction of sp³-hybridized carbons (Fsp3) is 0.0833. The van der Waals surface area contributed by atoms with Gasteiger partial charge >= 0.3 is 0 Å². The van der Waals surface area contributed by atoms with Gasteiger partial charge in [0.25, 0.3) is 5.78 Å². The van der Waals surface area contributed by atoms with E-state index in [9.17, 15) is 13.2 Å². The predicted molar refractivity (Wildman–Crippen MR) is 70.1 cm³/mol. The maximum atomic E-state index is 13.7. The number of halogens is 4. The van der Waals surface area contributed by atoms with Gasteiger partial charge in [0, 0.05) is 17.7 Å². The average molecular weight is 314 g/mol. The second-order valence-corrected chi connectivity index (χ2v) is 4.58. The summed E-state index contributed by atoms with van der Waals surface area (Å²) in [6.45, 7) is 1.60. The van der Waals surface area contributed by atoms with Crippen LogP contribution in [-0.4, -0.2) is 19.6 Å². The van der Waals surface area contributed by atoms with Crippen LogP contribution in [0.25, 0.3) is 5.78 Å². The summed E-state index contributed by atoms with van der Waals surface area (Å²) >= 11 is 5.94. The van der Waals surface area contributed by atoms with E-state index in [1.54, 1.807) is 6.92 Å². The number of benzene rings is 1. The number of fused-ring (bicyclic) bond motifs is 1. The van der Waals surface area contributed by atoms with Gasteiger partial charge in [-0.15, -0.1) is 0 Å². The number of anilines is 2. The predicted octanol–water partition coefficient (Wildman–Crippen LogP) is 3.25. The molecule has 2 heterocycles. The molecule has 3 aromatic rings. The smallest absolute Gasteiger partial charge is 0.255 e. The van der Waals surface area contributed by atoms with E-state index in [1.165, 1.54) is 10.8 Å². The summed E-state index contributed by atoms with van der Waals surface area (Å²) in [7, 11) is 0. The van der Waals surface area contributed by atoms with Crippen molar-refractivity contribution in [3.05, 3.63) is 46.6 Å². The van der Waals surface area contributed by atoms with Gasteiger partial charge in [0.2, 0.25) is 0 Å². The van der Waals surface area contributed by atoms with E-state index in [-0.39, 0.29) is 16.7 Å². The van der Waals surface area contributed by atoms with Gasteiger partial charge in [0.15, 0.2) is 11.6 Å². The number of hydrogen-bond acceptors (Lipinski definition) is 4. The van der Waals surface area contributed by atoms with Crippen molar-refractivity contribution in [1.29, 1.82) is 0 Å². The molecule has 0 bridgehead atoms. The minimum atomic E-state index is -1.08. The zero-order valence-electron chi connectivity index (χ0n) is 10.5. The summed E-state index contributed by atoms with van der Waals surface area (Å²) in [4.78, 5) is 7.81. The number of hydrogen-bond donors (Lipinski definition) is 1. The van der Waals surface area contributed by atoms with E-state index in [0.717, 1.165) is 0 Å². The Labute approximate surface area is 121 Å². The fourth-order valence-electron chi connectivity index (χ4n) is 1.82. The van der Waals surface area contributed by atoms with Crippen LogP contribution in [0.4, 0.5) is 24.7 Å².